The van der Waals surface area contributed by atoms with E-state index in [0.29, 0.717) is 43.6 Å². The van der Waals surface area contributed by atoms with E-state index in [1.165, 1.54) is 6.92 Å². The highest BCUT2D eigenvalue weighted by Crippen LogP contribution is 2.27. The van der Waals surface area contributed by atoms with Crippen molar-refractivity contribution in [3.63, 3.8) is 0 Å². The number of ketones is 1. The van der Waals surface area contributed by atoms with Crippen molar-refractivity contribution in [2.24, 2.45) is 5.92 Å². The molecule has 23 heavy (non-hydrogen) atoms. The van der Waals surface area contributed by atoms with Crippen LogP contribution in [0.2, 0.25) is 0 Å². The molecule has 6 nitrogen and oxygen atoms in total. The van der Waals surface area contributed by atoms with Gasteiger partial charge in [-0.1, -0.05) is 0 Å². The number of ether oxygens (including phenoxy) is 1. The highest BCUT2D eigenvalue weighted by atomic mass is 16.5. The van der Waals surface area contributed by atoms with Crippen LogP contribution < -0.4 is 10.1 Å². The van der Waals surface area contributed by atoms with Crippen molar-refractivity contribution >= 4 is 17.7 Å². The monoisotopic (exact) mass is 319 g/mol. The van der Waals surface area contributed by atoms with Crippen molar-refractivity contribution < 1.29 is 24.2 Å². The van der Waals surface area contributed by atoms with E-state index in [9.17, 15) is 14.4 Å². The van der Waals surface area contributed by atoms with Gasteiger partial charge in [-0.3, -0.25) is 14.4 Å². The van der Waals surface area contributed by atoms with Crippen LogP contribution in [0.25, 0.3) is 0 Å². The number of hydrogen-bond acceptors (Lipinski definition) is 4. The number of carboxylic acids is 1. The van der Waals surface area contributed by atoms with Crippen LogP contribution in [0.15, 0.2) is 24.3 Å². The molecule has 1 aliphatic rings. The van der Waals surface area contributed by atoms with Crippen LogP contribution in [0.1, 0.15) is 43.0 Å². The van der Waals surface area contributed by atoms with E-state index in [1.54, 1.807) is 24.3 Å². The summed E-state index contributed by atoms with van der Waals surface area (Å²) in [4.78, 5) is 33.5. The van der Waals surface area contributed by atoms with Gasteiger partial charge in [0.1, 0.15) is 5.75 Å². The van der Waals surface area contributed by atoms with Crippen LogP contribution in [0.3, 0.4) is 0 Å². The minimum atomic E-state index is -0.792. The van der Waals surface area contributed by atoms with Gasteiger partial charge in [0.25, 0.3) is 0 Å². The van der Waals surface area contributed by atoms with Gasteiger partial charge in [-0.05, 0) is 50.5 Å². The maximum Gasteiger partial charge on any atom is 0.306 e. The number of nitrogens with one attached hydrogen (secondary N) is 1. The minimum absolute atomic E-state index is 0.00866. The third-order valence-electron chi connectivity index (χ3n) is 3.93. The van der Waals surface area contributed by atoms with Crippen LogP contribution in [0.5, 0.6) is 5.75 Å². The van der Waals surface area contributed by atoms with E-state index >= 15 is 0 Å². The quantitative estimate of drug-likeness (QED) is 0.565. The predicted molar refractivity (Wildman–Crippen MR) is 83.5 cm³/mol. The fourth-order valence-corrected chi connectivity index (χ4v) is 2.45. The zero-order valence-corrected chi connectivity index (χ0v) is 13.1. The van der Waals surface area contributed by atoms with Crippen molar-refractivity contribution in [1.29, 1.82) is 0 Å². The molecule has 1 saturated carbocycles. The van der Waals surface area contributed by atoms with E-state index in [1.807, 2.05) is 0 Å². The normalized spacial score (nSPS) is 19.5. The third kappa shape index (κ3) is 5.09. The van der Waals surface area contributed by atoms with Gasteiger partial charge in [0.2, 0.25) is 5.91 Å². The second-order valence-corrected chi connectivity index (χ2v) is 5.80. The van der Waals surface area contributed by atoms with Gasteiger partial charge < -0.3 is 15.2 Å². The van der Waals surface area contributed by atoms with Crippen molar-refractivity contribution in [1.82, 2.24) is 5.32 Å². The molecular weight excluding hydrogens is 298 g/mol. The molecule has 0 saturated heterocycles. The molecule has 0 unspecified atom stereocenters. The maximum absolute atomic E-state index is 11.7. The van der Waals surface area contributed by atoms with Gasteiger partial charge in [-0.25, -0.2) is 0 Å². The molecule has 0 atom stereocenters. The number of benzene rings is 1. The fourth-order valence-electron chi connectivity index (χ4n) is 2.45. The Hall–Kier alpha value is -2.37. The van der Waals surface area contributed by atoms with Crippen molar-refractivity contribution in [2.75, 3.05) is 6.61 Å². The van der Waals surface area contributed by atoms with Gasteiger partial charge in [0.15, 0.2) is 5.78 Å². The first-order valence-corrected chi connectivity index (χ1v) is 7.71. The maximum atomic E-state index is 11.7. The first kappa shape index (κ1) is 17.0. The Balaban J connectivity index is 1.59. The Morgan fingerprint density at radius 1 is 1.22 bits per heavy atom. The Labute approximate surface area is 134 Å². The highest BCUT2D eigenvalue weighted by Gasteiger charge is 2.34. The Kier molecular flexibility index (Phi) is 5.73. The summed E-state index contributed by atoms with van der Waals surface area (Å²) in [7, 11) is 0. The number of amides is 1. The topological polar surface area (TPSA) is 92.7 Å². The average molecular weight is 319 g/mol. The van der Waals surface area contributed by atoms with Crippen LogP contribution in [-0.4, -0.2) is 35.4 Å². The summed E-state index contributed by atoms with van der Waals surface area (Å²) in [6.07, 6.45) is 1.95. The lowest BCUT2D eigenvalue weighted by molar-refractivity contribution is -0.146. The summed E-state index contributed by atoms with van der Waals surface area (Å²) < 4.78 is 5.52. The first-order chi connectivity index (χ1) is 11.0. The van der Waals surface area contributed by atoms with E-state index in [0.717, 1.165) is 0 Å². The van der Waals surface area contributed by atoms with Gasteiger partial charge in [-0.15, -0.1) is 0 Å². The molecule has 2 N–H and O–H groups in total. The lowest BCUT2D eigenvalue weighted by Crippen LogP contribution is -2.46. The summed E-state index contributed by atoms with van der Waals surface area (Å²) in [5.74, 6) is -0.510. The van der Waals surface area contributed by atoms with E-state index in [2.05, 4.69) is 5.32 Å². The number of carbonyl (C=O) groups is 3. The Morgan fingerprint density at radius 2 is 1.87 bits per heavy atom. The van der Waals surface area contributed by atoms with Crippen LogP contribution in [0.4, 0.5) is 0 Å². The SMILES string of the molecule is CC(=O)c1ccc(OCCCC(=O)NC2CC(C(=O)O)C2)cc1. The molecule has 0 bridgehead atoms. The second-order valence-electron chi connectivity index (χ2n) is 5.80. The van der Waals surface area contributed by atoms with Crippen LogP contribution >= 0.6 is 0 Å². The van der Waals surface area contributed by atoms with Gasteiger partial charge in [-0.2, -0.15) is 0 Å². The van der Waals surface area contributed by atoms with E-state index in [4.69, 9.17) is 9.84 Å². The summed E-state index contributed by atoms with van der Waals surface area (Å²) in [5, 5.41) is 11.6. The second kappa shape index (κ2) is 7.76. The van der Waals surface area contributed by atoms with E-state index < -0.39 is 5.97 Å². The molecular formula is C17H21NO5. The zero-order chi connectivity index (χ0) is 16.8. The predicted octanol–water partition coefficient (Wildman–Crippen LogP) is 2.03. The Bertz CT molecular complexity index is 575. The van der Waals surface area contributed by atoms with Crippen LogP contribution in [-0.2, 0) is 9.59 Å². The first-order valence-electron chi connectivity index (χ1n) is 7.71. The number of rotatable bonds is 8. The molecule has 0 spiro atoms. The van der Waals surface area contributed by atoms with Crippen LogP contribution in [0, 0.1) is 5.92 Å². The number of carboxylic acid groups (broad SMARTS) is 1. The minimum Gasteiger partial charge on any atom is -0.494 e. The zero-order valence-electron chi connectivity index (χ0n) is 13.1. The molecule has 1 aromatic carbocycles. The summed E-state index contributed by atoms with van der Waals surface area (Å²) in [6.45, 7) is 1.92. The number of aliphatic carboxylic acids is 1. The molecule has 1 fully saturated rings. The third-order valence-corrected chi connectivity index (χ3v) is 3.93. The molecule has 0 radical (unpaired) electrons. The molecule has 0 aromatic heterocycles. The van der Waals surface area contributed by atoms with Crippen molar-refractivity contribution in [3.05, 3.63) is 29.8 Å². The number of Topliss-reactive ketones (excluding diaryl/α,β-unsaturated/α-hetero) is 1. The van der Waals surface area contributed by atoms with Gasteiger partial charge in [0, 0.05) is 18.0 Å². The molecule has 2 rings (SSSR count). The van der Waals surface area contributed by atoms with Gasteiger partial charge in [0.05, 0.1) is 12.5 Å². The fraction of sp³-hybridized carbons (Fsp3) is 0.471. The molecule has 124 valence electrons. The Morgan fingerprint density at radius 3 is 2.43 bits per heavy atom. The van der Waals surface area contributed by atoms with Crippen molar-refractivity contribution in [3.8, 4) is 5.75 Å². The standard InChI is InChI=1S/C17H21NO5/c1-11(19)12-4-6-15(7-5-12)23-8-2-3-16(20)18-14-9-13(10-14)17(21)22/h4-7,13-14H,2-3,8-10H2,1H3,(H,18,20)(H,21,22). The lowest BCUT2D eigenvalue weighted by atomic mass is 9.80. The lowest BCUT2D eigenvalue weighted by Gasteiger charge is -2.32. The summed E-state index contributed by atoms with van der Waals surface area (Å²) >= 11 is 0. The van der Waals surface area contributed by atoms with Crippen molar-refractivity contribution in [2.45, 2.75) is 38.6 Å². The molecule has 0 aliphatic heterocycles. The average Bonchev–Trinajstić information content (AvgIpc) is 2.47. The molecule has 0 heterocycles. The molecule has 6 heteroatoms. The summed E-state index contributed by atoms with van der Waals surface area (Å²) in [5.41, 5.74) is 0.636. The smallest absolute Gasteiger partial charge is 0.306 e. The number of hydrogen-bond donors (Lipinski definition) is 2. The molecule has 1 amide bonds. The largest absolute Gasteiger partial charge is 0.494 e. The molecule has 1 aliphatic carbocycles. The summed E-state index contributed by atoms with van der Waals surface area (Å²) in [6, 6.07) is 6.87. The molecule has 1 aromatic rings. The van der Waals surface area contributed by atoms with E-state index in [-0.39, 0.29) is 23.7 Å². The van der Waals surface area contributed by atoms with Gasteiger partial charge >= 0.3 is 5.97 Å². The highest BCUT2D eigenvalue weighted by molar-refractivity contribution is 5.94. The number of carbonyl (C=O) groups excluding carboxylic acids is 2.